The minimum atomic E-state index is -4.69. The summed E-state index contributed by atoms with van der Waals surface area (Å²) in [6.07, 6.45) is -6.17. The maximum Gasteiger partial charge on any atom is 0.416 e. The average Bonchev–Trinajstić information content (AvgIpc) is 2.72. The average molecular weight is 310 g/mol. The smallest absolute Gasteiger partial charge is 0.362 e. The summed E-state index contributed by atoms with van der Waals surface area (Å²) in [5.41, 5.74) is -2.52. The molecular weight excluding hydrogens is 298 g/mol. The van der Waals surface area contributed by atoms with E-state index in [1.165, 1.54) is 4.90 Å². The van der Waals surface area contributed by atoms with Crippen molar-refractivity contribution in [3.8, 4) is 0 Å². The highest BCUT2D eigenvalue weighted by Crippen LogP contribution is 2.37. The van der Waals surface area contributed by atoms with Crippen LogP contribution in [0.25, 0.3) is 0 Å². The van der Waals surface area contributed by atoms with Crippen molar-refractivity contribution in [2.24, 2.45) is 0 Å². The summed E-state index contributed by atoms with van der Waals surface area (Å²) in [7, 11) is 1.72. The van der Waals surface area contributed by atoms with E-state index in [1.807, 2.05) is 0 Å². The van der Waals surface area contributed by atoms with Crippen LogP contribution in [0.3, 0.4) is 0 Å². The highest BCUT2D eigenvalue weighted by Gasteiger charge is 2.37. The van der Waals surface area contributed by atoms with Crippen molar-refractivity contribution < 1.29 is 26.3 Å². The van der Waals surface area contributed by atoms with E-state index in [0.717, 1.165) is 0 Å². The molecule has 0 N–H and O–H groups in total. The largest absolute Gasteiger partial charge is 0.416 e. The zero-order valence-corrected chi connectivity index (χ0v) is 11.0. The fourth-order valence-corrected chi connectivity index (χ4v) is 2.09. The van der Waals surface area contributed by atoms with Crippen LogP contribution in [0.5, 0.6) is 0 Å². The van der Waals surface area contributed by atoms with Crippen molar-refractivity contribution in [1.82, 2.24) is 9.80 Å². The number of halogens is 6. The van der Waals surface area contributed by atoms with Gasteiger partial charge in [-0.2, -0.15) is 26.3 Å². The van der Waals surface area contributed by atoms with Crippen molar-refractivity contribution in [2.45, 2.75) is 18.9 Å². The molecule has 0 aliphatic carbocycles. The number of benzene rings is 1. The number of rotatable bonds is 2. The topological polar surface area (TPSA) is 6.48 Å². The van der Waals surface area contributed by atoms with Gasteiger partial charge in [-0.15, -0.1) is 0 Å². The summed E-state index contributed by atoms with van der Waals surface area (Å²) < 4.78 is 76.7. The molecule has 1 aromatic carbocycles. The molecule has 116 valence electrons. The number of hydrogen-bond acceptors (Lipinski definition) is 2. The maximum atomic E-state index is 12.9. The quantitative estimate of drug-likeness (QED) is 0.765. The lowest BCUT2D eigenvalue weighted by molar-refractivity contribution is -0.142. The summed E-state index contributed by atoms with van der Waals surface area (Å²) in [4.78, 5) is 3.21. The second-order valence-electron chi connectivity index (χ2n) is 4.81. The molecule has 8 heteroatoms. The van der Waals surface area contributed by atoms with Crippen LogP contribution in [0.1, 0.15) is 16.7 Å². The highest BCUT2D eigenvalue weighted by atomic mass is 19.4. The summed E-state index contributed by atoms with van der Waals surface area (Å²) in [6.45, 7) is 0.0904. The minimum absolute atomic E-state index is 0.237. The summed E-state index contributed by atoms with van der Waals surface area (Å²) in [6, 6.07) is 1.51. The first kappa shape index (κ1) is 15.5. The van der Waals surface area contributed by atoms with E-state index in [-0.39, 0.29) is 6.54 Å². The highest BCUT2D eigenvalue weighted by molar-refractivity contribution is 5.35. The predicted molar refractivity (Wildman–Crippen MR) is 63.8 cm³/mol. The summed E-state index contributed by atoms with van der Waals surface area (Å²) in [5, 5.41) is 0. The first-order valence-electron chi connectivity index (χ1n) is 5.97. The Hall–Kier alpha value is -1.86. The van der Waals surface area contributed by atoms with Crippen molar-refractivity contribution in [3.63, 3.8) is 0 Å². The second kappa shape index (κ2) is 5.16. The third-order valence-corrected chi connectivity index (χ3v) is 3.05. The van der Waals surface area contributed by atoms with Gasteiger partial charge in [0.2, 0.25) is 0 Å². The minimum Gasteiger partial charge on any atom is -0.362 e. The van der Waals surface area contributed by atoms with Crippen LogP contribution in [0.2, 0.25) is 0 Å². The lowest BCUT2D eigenvalue weighted by Gasteiger charge is -2.22. The van der Waals surface area contributed by atoms with Crippen molar-refractivity contribution in [3.05, 3.63) is 47.3 Å². The molecule has 1 heterocycles. The normalized spacial score (nSPS) is 16.0. The van der Waals surface area contributed by atoms with E-state index in [1.54, 1.807) is 24.3 Å². The molecule has 0 fully saturated rings. The Morgan fingerprint density at radius 1 is 1.00 bits per heavy atom. The van der Waals surface area contributed by atoms with Crippen LogP contribution in [0.4, 0.5) is 26.3 Å². The van der Waals surface area contributed by atoms with Crippen LogP contribution in [-0.4, -0.2) is 23.5 Å². The van der Waals surface area contributed by atoms with Crippen LogP contribution in [-0.2, 0) is 18.9 Å². The fraction of sp³-hybridized carbons (Fsp3) is 0.385. The van der Waals surface area contributed by atoms with E-state index in [2.05, 4.69) is 0 Å². The molecule has 0 amide bonds. The Balaban J connectivity index is 2.37. The summed E-state index contributed by atoms with van der Waals surface area (Å²) >= 11 is 0. The zero-order chi connectivity index (χ0) is 15.8. The molecule has 1 aromatic rings. The molecule has 0 saturated heterocycles. The molecule has 21 heavy (non-hydrogen) atoms. The van der Waals surface area contributed by atoms with Crippen LogP contribution >= 0.6 is 0 Å². The van der Waals surface area contributed by atoms with Gasteiger partial charge in [-0.3, -0.25) is 0 Å². The van der Waals surface area contributed by atoms with Crippen molar-refractivity contribution in [2.75, 3.05) is 13.7 Å². The summed E-state index contributed by atoms with van der Waals surface area (Å²) in [5.74, 6) is 0. The number of nitrogens with zero attached hydrogens (tertiary/aromatic N) is 2. The van der Waals surface area contributed by atoms with E-state index < -0.39 is 29.0 Å². The van der Waals surface area contributed by atoms with E-state index in [4.69, 9.17) is 0 Å². The van der Waals surface area contributed by atoms with Crippen LogP contribution in [0, 0.1) is 0 Å². The van der Waals surface area contributed by atoms with E-state index in [9.17, 15) is 26.3 Å². The molecule has 2 rings (SSSR count). The van der Waals surface area contributed by atoms with Gasteiger partial charge < -0.3 is 9.80 Å². The van der Waals surface area contributed by atoms with E-state index >= 15 is 0 Å². The first-order valence-corrected chi connectivity index (χ1v) is 5.97. The van der Waals surface area contributed by atoms with Gasteiger partial charge in [0, 0.05) is 26.0 Å². The van der Waals surface area contributed by atoms with Gasteiger partial charge in [-0.25, -0.2) is 0 Å². The van der Waals surface area contributed by atoms with Gasteiger partial charge in [-0.1, -0.05) is 0 Å². The maximum absolute atomic E-state index is 12.9. The molecule has 0 spiro atoms. The molecular formula is C13H12F6N2. The van der Waals surface area contributed by atoms with E-state index in [0.29, 0.717) is 24.9 Å². The third-order valence-electron chi connectivity index (χ3n) is 3.05. The fourth-order valence-electron chi connectivity index (χ4n) is 2.09. The van der Waals surface area contributed by atoms with Gasteiger partial charge in [-0.05, 0) is 23.8 Å². The van der Waals surface area contributed by atoms with Crippen molar-refractivity contribution >= 4 is 0 Å². The lowest BCUT2D eigenvalue weighted by Crippen LogP contribution is -2.24. The van der Waals surface area contributed by atoms with Gasteiger partial charge in [0.1, 0.15) is 0 Å². The molecule has 0 bridgehead atoms. The Bertz CT molecular complexity index is 547. The van der Waals surface area contributed by atoms with Crippen molar-refractivity contribution in [1.29, 1.82) is 0 Å². The molecule has 0 aromatic heterocycles. The molecule has 0 saturated carbocycles. The molecule has 2 nitrogen and oxygen atoms in total. The predicted octanol–water partition coefficient (Wildman–Crippen LogP) is 3.90. The standard InChI is InChI=1S/C13H12F6N2/c1-20-4-5-21(8-20)7-9-6-10(12(14,15)16)2-3-11(9)13(17,18)19/h2-6H,7-8H2,1H3. The number of hydrogen-bond donors (Lipinski definition) is 0. The Morgan fingerprint density at radius 2 is 1.67 bits per heavy atom. The Morgan fingerprint density at radius 3 is 2.14 bits per heavy atom. The Labute approximate surface area is 117 Å². The molecule has 1 aliphatic rings. The third kappa shape index (κ3) is 3.62. The van der Waals surface area contributed by atoms with Crippen LogP contribution in [0.15, 0.2) is 30.6 Å². The SMILES string of the molecule is CN1C=CN(Cc2cc(C(F)(F)F)ccc2C(F)(F)F)C1. The monoisotopic (exact) mass is 310 g/mol. The van der Waals surface area contributed by atoms with Gasteiger partial charge in [0.15, 0.2) is 0 Å². The second-order valence-corrected chi connectivity index (χ2v) is 4.81. The van der Waals surface area contributed by atoms with Gasteiger partial charge in [0.05, 0.1) is 17.8 Å². The van der Waals surface area contributed by atoms with Gasteiger partial charge >= 0.3 is 12.4 Å². The number of alkyl halides is 6. The lowest BCUT2D eigenvalue weighted by atomic mass is 10.0. The molecule has 0 unspecified atom stereocenters. The molecule has 0 radical (unpaired) electrons. The van der Waals surface area contributed by atoms with Gasteiger partial charge in [0.25, 0.3) is 0 Å². The Kier molecular flexibility index (Phi) is 3.81. The molecule has 0 atom stereocenters. The first-order chi connectivity index (χ1) is 9.57. The van der Waals surface area contributed by atoms with Crippen LogP contribution < -0.4 is 0 Å². The zero-order valence-electron chi connectivity index (χ0n) is 11.0. The molecule has 1 aliphatic heterocycles.